The molecule has 0 amide bonds. The molecule has 0 radical (unpaired) electrons. The van der Waals surface area contributed by atoms with Gasteiger partial charge in [0.15, 0.2) is 0 Å². The van der Waals surface area contributed by atoms with Gasteiger partial charge in [-0.2, -0.15) is 0 Å². The number of aliphatic hydroxyl groups excluding tert-OH is 1. The number of rotatable bonds is 6. The molecule has 1 saturated heterocycles. The van der Waals surface area contributed by atoms with E-state index in [1.165, 1.54) is 24.9 Å². The van der Waals surface area contributed by atoms with Crippen LogP contribution < -0.4 is 5.32 Å². The number of hydrogen-bond donors (Lipinski definition) is 2. The number of aliphatic hydroxyl groups is 1. The average molecular weight is 262 g/mol. The Morgan fingerprint density at radius 3 is 2.84 bits per heavy atom. The zero-order valence-electron chi connectivity index (χ0n) is 11.9. The Bertz CT molecular complexity index is 355. The fourth-order valence-electron chi connectivity index (χ4n) is 3.16. The van der Waals surface area contributed by atoms with E-state index in [9.17, 15) is 0 Å². The van der Waals surface area contributed by atoms with Gasteiger partial charge in [0.1, 0.15) is 0 Å². The van der Waals surface area contributed by atoms with Gasteiger partial charge in [-0.15, -0.1) is 0 Å². The Morgan fingerprint density at radius 1 is 1.37 bits per heavy atom. The smallest absolute Gasteiger partial charge is 0.0445 e. The van der Waals surface area contributed by atoms with Crippen LogP contribution in [0.25, 0.3) is 0 Å². The van der Waals surface area contributed by atoms with E-state index in [0.717, 1.165) is 19.5 Å². The normalized spacial score (nSPS) is 22.3. The maximum Gasteiger partial charge on any atom is 0.0445 e. The number of nitrogens with one attached hydrogen (secondary N) is 1. The monoisotopic (exact) mass is 262 g/mol. The number of hydrogen-bond acceptors (Lipinski definition) is 3. The molecule has 1 fully saturated rings. The van der Waals surface area contributed by atoms with Crippen LogP contribution in [0.3, 0.4) is 0 Å². The summed E-state index contributed by atoms with van der Waals surface area (Å²) in [5.41, 5.74) is 1.39. The Labute approximate surface area is 116 Å². The van der Waals surface area contributed by atoms with Gasteiger partial charge in [-0.3, -0.25) is 4.90 Å². The zero-order valence-corrected chi connectivity index (χ0v) is 11.9. The second kappa shape index (κ2) is 7.63. The number of likely N-dealkylation sites (tertiary alicyclic amines) is 1. The minimum Gasteiger partial charge on any atom is -0.396 e. The highest BCUT2D eigenvalue weighted by Gasteiger charge is 2.25. The van der Waals surface area contributed by atoms with E-state index in [0.29, 0.717) is 12.0 Å². The first-order chi connectivity index (χ1) is 9.33. The lowest BCUT2D eigenvalue weighted by Gasteiger charge is -2.37. The van der Waals surface area contributed by atoms with Gasteiger partial charge in [-0.05, 0) is 44.3 Å². The van der Waals surface area contributed by atoms with Crippen molar-refractivity contribution in [1.82, 2.24) is 10.2 Å². The van der Waals surface area contributed by atoms with Crippen LogP contribution in [0.4, 0.5) is 0 Å². The molecule has 1 aliphatic heterocycles. The first kappa shape index (κ1) is 14.5. The molecule has 0 unspecified atom stereocenters. The van der Waals surface area contributed by atoms with Crippen LogP contribution >= 0.6 is 0 Å². The summed E-state index contributed by atoms with van der Waals surface area (Å²) in [6.45, 7) is 3.66. The molecule has 2 atom stereocenters. The van der Waals surface area contributed by atoms with Gasteiger partial charge in [-0.1, -0.05) is 30.3 Å². The van der Waals surface area contributed by atoms with E-state index < -0.39 is 0 Å². The number of nitrogens with zero attached hydrogens (tertiary/aromatic N) is 1. The fourth-order valence-corrected chi connectivity index (χ4v) is 3.16. The largest absolute Gasteiger partial charge is 0.396 e. The maximum atomic E-state index is 9.15. The van der Waals surface area contributed by atoms with Crippen molar-refractivity contribution in [2.45, 2.75) is 31.8 Å². The molecular weight excluding hydrogens is 236 g/mol. The molecule has 0 spiro atoms. The maximum absolute atomic E-state index is 9.15. The predicted octanol–water partition coefficient (Wildman–Crippen LogP) is 1.87. The molecule has 1 aromatic carbocycles. The lowest BCUT2D eigenvalue weighted by molar-refractivity contribution is 0.130. The molecule has 19 heavy (non-hydrogen) atoms. The van der Waals surface area contributed by atoms with Gasteiger partial charge in [0.25, 0.3) is 0 Å². The van der Waals surface area contributed by atoms with Gasteiger partial charge in [0, 0.05) is 25.7 Å². The summed E-state index contributed by atoms with van der Waals surface area (Å²) < 4.78 is 0. The highest BCUT2D eigenvalue weighted by atomic mass is 16.3. The van der Waals surface area contributed by atoms with Crippen LogP contribution in [0.5, 0.6) is 0 Å². The summed E-state index contributed by atoms with van der Waals surface area (Å²) >= 11 is 0. The van der Waals surface area contributed by atoms with Crippen LogP contribution in [0.2, 0.25) is 0 Å². The lowest BCUT2D eigenvalue weighted by atomic mass is 9.89. The summed E-state index contributed by atoms with van der Waals surface area (Å²) in [5, 5.41) is 12.5. The molecule has 0 bridgehead atoms. The number of piperidine rings is 1. The second-order valence-electron chi connectivity index (χ2n) is 5.53. The first-order valence-corrected chi connectivity index (χ1v) is 7.38. The summed E-state index contributed by atoms with van der Waals surface area (Å²) in [6.07, 6.45) is 3.40. The third-order valence-corrected chi connectivity index (χ3v) is 4.17. The van der Waals surface area contributed by atoms with Crippen molar-refractivity contribution in [3.05, 3.63) is 35.9 Å². The van der Waals surface area contributed by atoms with E-state index in [4.69, 9.17) is 5.11 Å². The van der Waals surface area contributed by atoms with Gasteiger partial charge >= 0.3 is 0 Å². The van der Waals surface area contributed by atoms with Crippen molar-refractivity contribution in [3.8, 4) is 0 Å². The summed E-state index contributed by atoms with van der Waals surface area (Å²) in [4.78, 5) is 2.55. The van der Waals surface area contributed by atoms with Crippen LogP contribution in [0.15, 0.2) is 30.3 Å². The molecule has 0 saturated carbocycles. The van der Waals surface area contributed by atoms with E-state index in [-0.39, 0.29) is 6.61 Å². The quantitative estimate of drug-likeness (QED) is 0.821. The Hall–Kier alpha value is -0.900. The third kappa shape index (κ3) is 4.30. The highest BCUT2D eigenvalue weighted by molar-refractivity contribution is 5.14. The van der Waals surface area contributed by atoms with Crippen LogP contribution in [-0.2, 0) is 6.54 Å². The average Bonchev–Trinajstić information content (AvgIpc) is 2.46. The summed E-state index contributed by atoms with van der Waals surface area (Å²) in [6, 6.07) is 11.1. The zero-order chi connectivity index (χ0) is 13.5. The van der Waals surface area contributed by atoms with Crippen molar-refractivity contribution < 1.29 is 5.11 Å². The van der Waals surface area contributed by atoms with E-state index in [2.05, 4.69) is 40.5 Å². The van der Waals surface area contributed by atoms with E-state index in [1.54, 1.807) is 0 Å². The molecule has 2 N–H and O–H groups in total. The van der Waals surface area contributed by atoms with Crippen molar-refractivity contribution in [2.75, 3.05) is 26.7 Å². The Morgan fingerprint density at radius 2 is 2.16 bits per heavy atom. The highest BCUT2D eigenvalue weighted by Crippen LogP contribution is 2.22. The Balaban J connectivity index is 1.89. The van der Waals surface area contributed by atoms with Crippen molar-refractivity contribution in [1.29, 1.82) is 0 Å². The molecule has 3 heteroatoms. The molecule has 1 aliphatic rings. The summed E-state index contributed by atoms with van der Waals surface area (Å²) in [7, 11) is 2.01. The van der Waals surface area contributed by atoms with Crippen LogP contribution in [0, 0.1) is 5.92 Å². The van der Waals surface area contributed by atoms with Crippen molar-refractivity contribution in [3.63, 3.8) is 0 Å². The molecule has 2 rings (SSSR count). The van der Waals surface area contributed by atoms with E-state index in [1.807, 2.05) is 7.05 Å². The third-order valence-electron chi connectivity index (χ3n) is 4.17. The molecule has 0 aliphatic carbocycles. The van der Waals surface area contributed by atoms with Crippen LogP contribution in [0.1, 0.15) is 24.8 Å². The van der Waals surface area contributed by atoms with Crippen molar-refractivity contribution >= 4 is 0 Å². The number of benzene rings is 1. The van der Waals surface area contributed by atoms with Crippen LogP contribution in [-0.4, -0.2) is 42.8 Å². The Kier molecular flexibility index (Phi) is 5.83. The minimum absolute atomic E-state index is 0.278. The van der Waals surface area contributed by atoms with Gasteiger partial charge < -0.3 is 10.4 Å². The predicted molar refractivity (Wildman–Crippen MR) is 79.0 cm³/mol. The molecule has 1 heterocycles. The topological polar surface area (TPSA) is 35.5 Å². The van der Waals surface area contributed by atoms with Gasteiger partial charge in [-0.25, -0.2) is 0 Å². The first-order valence-electron chi connectivity index (χ1n) is 7.38. The standard InChI is InChI=1S/C16H26N2O/c1-17-16(9-11-19)15-8-5-10-18(13-15)12-14-6-3-2-4-7-14/h2-4,6-7,15-17,19H,5,8-13H2,1H3/t15-,16+/m0/s1. The van der Waals surface area contributed by atoms with Crippen molar-refractivity contribution in [2.24, 2.45) is 5.92 Å². The SMILES string of the molecule is CN[C@H](CCO)[C@H]1CCCN(Cc2ccccc2)C1. The molecule has 3 nitrogen and oxygen atoms in total. The minimum atomic E-state index is 0.278. The second-order valence-corrected chi connectivity index (χ2v) is 5.53. The van der Waals surface area contributed by atoms with E-state index >= 15 is 0 Å². The molecule has 0 aromatic heterocycles. The summed E-state index contributed by atoms with van der Waals surface area (Å²) in [5.74, 6) is 0.662. The fraction of sp³-hybridized carbons (Fsp3) is 0.625. The molecule has 1 aromatic rings. The molecular formula is C16H26N2O. The molecule has 106 valence electrons. The van der Waals surface area contributed by atoms with Gasteiger partial charge in [0.2, 0.25) is 0 Å². The van der Waals surface area contributed by atoms with Gasteiger partial charge in [0.05, 0.1) is 0 Å². The lowest BCUT2D eigenvalue weighted by Crippen LogP contribution is -2.44.